The third kappa shape index (κ3) is 7.33. The van der Waals surface area contributed by atoms with E-state index in [2.05, 4.69) is 62.9 Å². The van der Waals surface area contributed by atoms with Crippen molar-refractivity contribution in [2.75, 3.05) is 38.0 Å². The molecular weight excluding hydrogens is 600 g/mol. The Morgan fingerprint density at radius 2 is 1.35 bits per heavy atom. The molecular formula is C40H50N4O4. The van der Waals surface area contributed by atoms with Crippen LogP contribution in [0, 0.1) is 17.8 Å². The molecule has 0 unspecified atom stereocenters. The number of nitrogens with one attached hydrogen (secondary N) is 2. The highest BCUT2D eigenvalue weighted by molar-refractivity contribution is 5.89. The summed E-state index contributed by atoms with van der Waals surface area (Å²) in [5.74, 6) is 2.36. The normalized spacial score (nSPS) is 31.9. The molecule has 0 aromatic heterocycles. The minimum absolute atomic E-state index is 0.0100. The first-order chi connectivity index (χ1) is 23.5. The second-order valence-corrected chi connectivity index (χ2v) is 15.3. The molecule has 2 aliphatic heterocycles. The second-order valence-electron chi connectivity index (χ2n) is 15.3. The first-order valence-corrected chi connectivity index (χ1v) is 18.2. The number of piperazine rings is 1. The van der Waals surface area contributed by atoms with Gasteiger partial charge in [-0.25, -0.2) is 4.79 Å². The molecule has 0 spiro atoms. The smallest absolute Gasteiger partial charge is 0.319 e. The van der Waals surface area contributed by atoms with E-state index in [-0.39, 0.29) is 30.4 Å². The zero-order valence-electron chi connectivity index (χ0n) is 27.9. The topological polar surface area (TPSA) is 86.3 Å². The summed E-state index contributed by atoms with van der Waals surface area (Å²) < 4.78 is 13.3. The number of ether oxygens (including phenoxy) is 2. The molecule has 0 radical (unpaired) electrons. The fourth-order valence-corrected chi connectivity index (χ4v) is 9.68. The molecule has 254 valence electrons. The lowest BCUT2D eigenvalue weighted by molar-refractivity contribution is -0.253. The summed E-state index contributed by atoms with van der Waals surface area (Å²) >= 11 is 0. The number of nitrogens with zero attached hydrogens (tertiary/aromatic N) is 2. The molecule has 8 nitrogen and oxygen atoms in total. The van der Waals surface area contributed by atoms with Crippen LogP contribution in [0.3, 0.4) is 0 Å². The van der Waals surface area contributed by atoms with Crippen LogP contribution in [0.2, 0.25) is 0 Å². The average Bonchev–Trinajstić information content (AvgIpc) is 3.09. The molecule has 3 atom stereocenters. The highest BCUT2D eigenvalue weighted by atomic mass is 16.7. The van der Waals surface area contributed by atoms with E-state index in [1.165, 1.54) is 24.8 Å². The summed E-state index contributed by atoms with van der Waals surface area (Å²) in [7, 11) is 0. The van der Waals surface area contributed by atoms with E-state index >= 15 is 0 Å². The Morgan fingerprint density at radius 3 is 2.00 bits per heavy atom. The number of hydrogen-bond donors (Lipinski definition) is 3. The van der Waals surface area contributed by atoms with Crippen molar-refractivity contribution in [3.05, 3.63) is 101 Å². The van der Waals surface area contributed by atoms with Gasteiger partial charge in [0.2, 0.25) is 0 Å². The summed E-state index contributed by atoms with van der Waals surface area (Å²) in [6.45, 7) is 5.98. The zero-order valence-corrected chi connectivity index (χ0v) is 27.9. The first kappa shape index (κ1) is 32.0. The van der Waals surface area contributed by atoms with Crippen LogP contribution < -0.4 is 10.6 Å². The number of urea groups is 1. The van der Waals surface area contributed by atoms with Gasteiger partial charge in [-0.2, -0.15) is 0 Å². The van der Waals surface area contributed by atoms with Gasteiger partial charge in [-0.3, -0.25) is 9.80 Å². The summed E-state index contributed by atoms with van der Waals surface area (Å²) in [6.07, 6.45) is 7.62. The third-order valence-electron chi connectivity index (χ3n) is 11.6. The number of amides is 2. The van der Waals surface area contributed by atoms with Gasteiger partial charge in [0.15, 0.2) is 6.29 Å². The monoisotopic (exact) mass is 650 g/mol. The Labute approximate surface area is 284 Å². The van der Waals surface area contributed by atoms with Crippen molar-refractivity contribution >= 4 is 11.7 Å². The van der Waals surface area contributed by atoms with Crippen LogP contribution in [-0.2, 0) is 22.6 Å². The Morgan fingerprint density at radius 1 is 0.729 bits per heavy atom. The summed E-state index contributed by atoms with van der Waals surface area (Å²) in [4.78, 5) is 18.2. The van der Waals surface area contributed by atoms with Crippen LogP contribution in [0.1, 0.15) is 79.6 Å². The Kier molecular flexibility index (Phi) is 9.27. The van der Waals surface area contributed by atoms with Crippen molar-refractivity contribution in [2.24, 2.45) is 17.8 Å². The number of carbonyl (C=O) groups is 1. The molecule has 8 heteroatoms. The molecule has 48 heavy (non-hydrogen) atoms. The molecule has 4 bridgehead atoms. The number of rotatable bonds is 9. The molecule has 3 N–H and O–H groups in total. The number of anilines is 1. The minimum atomic E-state index is -0.513. The van der Waals surface area contributed by atoms with Crippen LogP contribution in [0.5, 0.6) is 0 Å². The van der Waals surface area contributed by atoms with Crippen LogP contribution in [0.4, 0.5) is 10.5 Å². The standard InChI is InChI=1S/C40H50N4O4/c45-27-29-6-8-33(9-7-29)37-21-36(26-44-16-14-43(15-17-44)25-28-4-2-1-3-5-28)47-38(48-37)34-10-12-35(13-11-34)41-39(46)42-40-22-30-18-31(23-40)20-32(19-30)24-40/h1-13,30-32,36-38,45H,14-27H2,(H2,41,42,46)/t30?,31?,32?,36-,37+,38+,40?/m0/s1. The van der Waals surface area contributed by atoms with E-state index in [0.717, 1.165) is 105 Å². The number of carbonyl (C=O) groups excluding carboxylic acids is 1. The van der Waals surface area contributed by atoms with E-state index in [4.69, 9.17) is 9.47 Å². The highest BCUT2D eigenvalue weighted by Gasteiger charge is 2.51. The summed E-state index contributed by atoms with van der Waals surface area (Å²) in [5, 5.41) is 16.1. The largest absolute Gasteiger partial charge is 0.392 e. The Hall–Kier alpha value is -3.27. The van der Waals surface area contributed by atoms with Gasteiger partial charge in [0.1, 0.15) is 0 Å². The van der Waals surface area contributed by atoms with Gasteiger partial charge in [-0.05, 0) is 85.1 Å². The van der Waals surface area contributed by atoms with E-state index < -0.39 is 6.29 Å². The predicted molar refractivity (Wildman–Crippen MR) is 186 cm³/mol. The van der Waals surface area contributed by atoms with E-state index in [1.54, 1.807) is 0 Å². The SMILES string of the molecule is O=C(Nc1ccc([C@@H]2O[C@H](CN3CCN(Cc4ccccc4)CC3)C[C@H](c3ccc(CO)cc3)O2)cc1)NC12CC3CC(CC(C3)C1)C2. The summed E-state index contributed by atoms with van der Waals surface area (Å²) in [6, 6.07) is 26.6. The predicted octanol–water partition coefficient (Wildman–Crippen LogP) is 6.63. The van der Waals surface area contributed by atoms with Crippen molar-refractivity contribution in [1.29, 1.82) is 0 Å². The van der Waals surface area contributed by atoms with Gasteiger partial charge >= 0.3 is 6.03 Å². The van der Waals surface area contributed by atoms with Crippen LogP contribution in [-0.4, -0.2) is 65.3 Å². The highest BCUT2D eigenvalue weighted by Crippen LogP contribution is 2.55. The molecule has 3 aromatic rings. The van der Waals surface area contributed by atoms with Gasteiger partial charge in [0, 0.05) is 62.5 Å². The minimum Gasteiger partial charge on any atom is -0.392 e. The molecule has 2 amide bonds. The molecule has 6 fully saturated rings. The summed E-state index contributed by atoms with van der Waals surface area (Å²) in [5.41, 5.74) is 5.05. The van der Waals surface area contributed by atoms with Crippen molar-refractivity contribution < 1.29 is 19.4 Å². The molecule has 6 aliphatic rings. The van der Waals surface area contributed by atoms with Crippen molar-refractivity contribution in [3.8, 4) is 0 Å². The maximum atomic E-state index is 13.2. The van der Waals surface area contributed by atoms with Gasteiger partial charge in [-0.15, -0.1) is 0 Å². The fourth-order valence-electron chi connectivity index (χ4n) is 9.68. The molecule has 9 rings (SSSR count). The number of benzene rings is 3. The average molecular weight is 651 g/mol. The fraction of sp³-hybridized carbons (Fsp3) is 0.525. The molecule has 3 aromatic carbocycles. The quantitative estimate of drug-likeness (QED) is 0.241. The van der Waals surface area contributed by atoms with Crippen molar-refractivity contribution in [3.63, 3.8) is 0 Å². The first-order valence-electron chi connectivity index (χ1n) is 18.2. The lowest BCUT2D eigenvalue weighted by Gasteiger charge is -2.56. The Balaban J connectivity index is 0.906. The number of hydrogen-bond acceptors (Lipinski definition) is 6. The van der Waals surface area contributed by atoms with Gasteiger partial charge < -0.3 is 25.2 Å². The molecule has 4 saturated carbocycles. The van der Waals surface area contributed by atoms with Crippen LogP contribution in [0.15, 0.2) is 78.9 Å². The third-order valence-corrected chi connectivity index (χ3v) is 11.6. The van der Waals surface area contributed by atoms with E-state index in [1.807, 2.05) is 36.4 Å². The van der Waals surface area contributed by atoms with Crippen molar-refractivity contribution in [1.82, 2.24) is 15.1 Å². The lowest BCUT2D eigenvalue weighted by atomic mass is 9.53. The van der Waals surface area contributed by atoms with Gasteiger partial charge in [-0.1, -0.05) is 66.7 Å². The molecule has 2 heterocycles. The second kappa shape index (κ2) is 13.9. The maximum absolute atomic E-state index is 13.2. The molecule has 2 saturated heterocycles. The van der Waals surface area contributed by atoms with Gasteiger partial charge in [0.25, 0.3) is 0 Å². The number of aliphatic hydroxyl groups is 1. The number of aliphatic hydroxyl groups excluding tert-OH is 1. The van der Waals surface area contributed by atoms with Crippen LogP contribution >= 0.6 is 0 Å². The van der Waals surface area contributed by atoms with Crippen LogP contribution in [0.25, 0.3) is 0 Å². The van der Waals surface area contributed by atoms with Gasteiger partial charge in [0.05, 0.1) is 18.8 Å². The molecule has 4 aliphatic carbocycles. The zero-order chi connectivity index (χ0) is 32.5. The van der Waals surface area contributed by atoms with E-state index in [9.17, 15) is 9.90 Å². The van der Waals surface area contributed by atoms with Crippen molar-refractivity contribution in [2.45, 2.75) is 82.1 Å². The lowest BCUT2D eigenvalue weighted by Crippen LogP contribution is -2.60. The maximum Gasteiger partial charge on any atom is 0.319 e. The Bertz CT molecular complexity index is 1490. The van der Waals surface area contributed by atoms with E-state index in [0.29, 0.717) is 0 Å².